The number of nitrogens with one attached hydrogen (secondary N) is 1. The van der Waals surface area contributed by atoms with E-state index in [0.29, 0.717) is 12.2 Å². The van der Waals surface area contributed by atoms with E-state index in [9.17, 15) is 4.79 Å². The van der Waals surface area contributed by atoms with E-state index in [-0.39, 0.29) is 11.9 Å². The number of hydrogen-bond acceptors (Lipinski definition) is 3. The number of aryl methyl sites for hydroxylation is 1. The Labute approximate surface area is 140 Å². The van der Waals surface area contributed by atoms with Crippen LogP contribution in [0.25, 0.3) is 10.9 Å². The molecule has 0 aliphatic carbocycles. The van der Waals surface area contributed by atoms with Gasteiger partial charge in [-0.05, 0) is 19.2 Å². The Balaban J connectivity index is 1.59. The van der Waals surface area contributed by atoms with E-state index < -0.39 is 0 Å². The average Bonchev–Trinajstić information content (AvgIpc) is 3.20. The number of hydrogen-bond donors (Lipinski definition) is 1. The summed E-state index contributed by atoms with van der Waals surface area (Å²) in [6.45, 7) is 2.21. The first-order valence-electron chi connectivity index (χ1n) is 8.18. The molecule has 0 spiro atoms. The summed E-state index contributed by atoms with van der Waals surface area (Å²) in [6.07, 6.45) is 3.75. The molecule has 1 amide bonds. The minimum absolute atomic E-state index is 0.0542. The Bertz CT molecular complexity index is 847. The van der Waals surface area contributed by atoms with Crippen LogP contribution in [0.5, 0.6) is 0 Å². The van der Waals surface area contributed by atoms with E-state index in [1.54, 1.807) is 0 Å². The molecule has 1 aliphatic rings. The molecule has 1 N–H and O–H groups in total. The number of H-pyrrole nitrogens is 1. The summed E-state index contributed by atoms with van der Waals surface area (Å²) in [5.74, 6) is 1.05. The van der Waals surface area contributed by atoms with Crippen molar-refractivity contribution < 1.29 is 4.79 Å². The Hall–Kier alpha value is -2.60. The largest absolute Gasteiger partial charge is 0.351 e. The highest BCUT2D eigenvalue weighted by atomic mass is 16.2. The van der Waals surface area contributed by atoms with Crippen molar-refractivity contribution >= 4 is 16.8 Å². The van der Waals surface area contributed by atoms with E-state index >= 15 is 0 Å². The number of nitrogens with zero attached hydrogens (tertiary/aromatic N) is 4. The fourth-order valence-electron chi connectivity index (χ4n) is 3.39. The van der Waals surface area contributed by atoms with Crippen molar-refractivity contribution in [1.29, 1.82) is 0 Å². The second kappa shape index (κ2) is 5.79. The van der Waals surface area contributed by atoms with Gasteiger partial charge in [0.1, 0.15) is 11.5 Å². The normalized spacial score (nSPS) is 19.1. The smallest absolute Gasteiger partial charge is 0.270 e. The lowest BCUT2D eigenvalue weighted by atomic mass is 10.1. The highest BCUT2D eigenvalue weighted by Crippen LogP contribution is 2.24. The van der Waals surface area contributed by atoms with Crippen molar-refractivity contribution in [3.05, 3.63) is 54.2 Å². The molecule has 0 bridgehead atoms. The number of para-hydroxylation sites is 1. The molecule has 3 aromatic rings. The van der Waals surface area contributed by atoms with Gasteiger partial charge in [0.05, 0.1) is 6.04 Å². The quantitative estimate of drug-likeness (QED) is 0.785. The molecule has 0 radical (unpaired) electrons. The first kappa shape index (κ1) is 15.0. The minimum atomic E-state index is 0.0542. The second-order valence-electron chi connectivity index (χ2n) is 6.41. The maximum atomic E-state index is 12.9. The van der Waals surface area contributed by atoms with Gasteiger partial charge in [-0.15, -0.1) is 0 Å². The van der Waals surface area contributed by atoms with Crippen molar-refractivity contribution in [3.8, 4) is 0 Å². The van der Waals surface area contributed by atoms with Crippen LogP contribution >= 0.6 is 0 Å². The Morgan fingerprint density at radius 3 is 2.83 bits per heavy atom. The number of rotatable bonds is 2. The Kier molecular flexibility index (Phi) is 3.61. The van der Waals surface area contributed by atoms with Crippen LogP contribution in [0.1, 0.15) is 22.4 Å². The second-order valence-corrected chi connectivity index (χ2v) is 6.41. The molecule has 1 aliphatic heterocycles. The number of piperazine rings is 1. The maximum absolute atomic E-state index is 12.9. The molecular weight excluding hydrogens is 302 g/mol. The molecule has 2 aromatic heterocycles. The first-order valence-corrected chi connectivity index (χ1v) is 8.18. The molecule has 1 fully saturated rings. The predicted octanol–water partition coefficient (Wildman–Crippen LogP) is 2.03. The first-order chi connectivity index (χ1) is 11.6. The zero-order valence-electron chi connectivity index (χ0n) is 13.9. The van der Waals surface area contributed by atoms with Crippen molar-refractivity contribution in [1.82, 2.24) is 24.3 Å². The van der Waals surface area contributed by atoms with Crippen LogP contribution in [-0.2, 0) is 7.05 Å². The topological polar surface area (TPSA) is 57.2 Å². The van der Waals surface area contributed by atoms with Gasteiger partial charge in [0.2, 0.25) is 0 Å². The van der Waals surface area contributed by atoms with Crippen LogP contribution < -0.4 is 0 Å². The van der Waals surface area contributed by atoms with E-state index in [1.807, 2.05) is 59.2 Å². The monoisotopic (exact) mass is 323 g/mol. The predicted molar refractivity (Wildman–Crippen MR) is 92.8 cm³/mol. The van der Waals surface area contributed by atoms with Crippen LogP contribution in [0, 0.1) is 0 Å². The molecule has 3 heterocycles. The van der Waals surface area contributed by atoms with Gasteiger partial charge in [-0.1, -0.05) is 18.2 Å². The number of imidazole rings is 1. The summed E-state index contributed by atoms with van der Waals surface area (Å²) in [7, 11) is 4.08. The number of aromatic amines is 1. The van der Waals surface area contributed by atoms with Gasteiger partial charge in [0.15, 0.2) is 0 Å². The highest BCUT2D eigenvalue weighted by molar-refractivity contribution is 5.98. The van der Waals surface area contributed by atoms with Crippen LogP contribution in [0.4, 0.5) is 0 Å². The molecule has 6 heteroatoms. The molecule has 4 rings (SSSR count). The fraction of sp³-hybridized carbons (Fsp3) is 0.333. The third kappa shape index (κ3) is 2.49. The minimum Gasteiger partial charge on any atom is -0.351 e. The summed E-state index contributed by atoms with van der Waals surface area (Å²) in [5.41, 5.74) is 1.65. The van der Waals surface area contributed by atoms with Gasteiger partial charge in [-0.25, -0.2) is 4.98 Å². The molecule has 0 unspecified atom stereocenters. The number of carbonyl (C=O) groups excluding carboxylic acids is 1. The molecule has 1 atom stereocenters. The number of likely N-dealkylation sites (N-methyl/N-ethyl adjacent to an activating group) is 1. The van der Waals surface area contributed by atoms with E-state index in [1.165, 1.54) is 0 Å². The summed E-state index contributed by atoms with van der Waals surface area (Å²) in [6, 6.07) is 10.0. The van der Waals surface area contributed by atoms with Gasteiger partial charge in [0, 0.05) is 50.0 Å². The Morgan fingerprint density at radius 1 is 1.25 bits per heavy atom. The Morgan fingerprint density at radius 2 is 2.08 bits per heavy atom. The number of carbonyl (C=O) groups is 1. The van der Waals surface area contributed by atoms with Crippen molar-refractivity contribution in [2.24, 2.45) is 7.05 Å². The van der Waals surface area contributed by atoms with Gasteiger partial charge in [-0.2, -0.15) is 0 Å². The van der Waals surface area contributed by atoms with E-state index in [2.05, 4.69) is 21.9 Å². The zero-order chi connectivity index (χ0) is 16.7. The third-order valence-corrected chi connectivity index (χ3v) is 4.85. The van der Waals surface area contributed by atoms with Crippen molar-refractivity contribution in [2.75, 3.05) is 26.7 Å². The molecule has 0 saturated carbocycles. The summed E-state index contributed by atoms with van der Waals surface area (Å²) in [5, 5.41) is 1.07. The summed E-state index contributed by atoms with van der Waals surface area (Å²) in [4.78, 5) is 24.8. The highest BCUT2D eigenvalue weighted by Gasteiger charge is 2.31. The molecule has 124 valence electrons. The lowest BCUT2D eigenvalue weighted by molar-refractivity contribution is 0.0524. The molecule has 1 aromatic carbocycles. The summed E-state index contributed by atoms with van der Waals surface area (Å²) >= 11 is 0. The van der Waals surface area contributed by atoms with Crippen LogP contribution in [0.3, 0.4) is 0 Å². The van der Waals surface area contributed by atoms with Crippen molar-refractivity contribution in [2.45, 2.75) is 6.04 Å². The number of aromatic nitrogens is 3. The SMILES string of the molecule is CN1CCN(C(=O)c2cc3ccccc3[nH]2)C[C@H]1c1nccn1C. The van der Waals surface area contributed by atoms with E-state index in [0.717, 1.165) is 29.8 Å². The zero-order valence-corrected chi connectivity index (χ0v) is 13.9. The maximum Gasteiger partial charge on any atom is 0.270 e. The number of benzene rings is 1. The lowest BCUT2D eigenvalue weighted by Crippen LogP contribution is -2.49. The lowest BCUT2D eigenvalue weighted by Gasteiger charge is -2.38. The third-order valence-electron chi connectivity index (χ3n) is 4.85. The van der Waals surface area contributed by atoms with Gasteiger partial charge in [-0.3, -0.25) is 9.69 Å². The van der Waals surface area contributed by atoms with Crippen molar-refractivity contribution in [3.63, 3.8) is 0 Å². The molecule has 1 saturated heterocycles. The molecule has 6 nitrogen and oxygen atoms in total. The van der Waals surface area contributed by atoms with Gasteiger partial charge < -0.3 is 14.5 Å². The molecular formula is C18H21N5O. The van der Waals surface area contributed by atoms with Gasteiger partial charge in [0.25, 0.3) is 5.91 Å². The average molecular weight is 323 g/mol. The van der Waals surface area contributed by atoms with E-state index in [4.69, 9.17) is 0 Å². The number of fused-ring (bicyclic) bond motifs is 1. The van der Waals surface area contributed by atoms with Crippen LogP contribution in [0.2, 0.25) is 0 Å². The fourth-order valence-corrected chi connectivity index (χ4v) is 3.39. The van der Waals surface area contributed by atoms with Crippen LogP contribution in [-0.4, -0.2) is 56.9 Å². The summed E-state index contributed by atoms with van der Waals surface area (Å²) < 4.78 is 2.03. The molecule has 24 heavy (non-hydrogen) atoms. The van der Waals surface area contributed by atoms with Crippen LogP contribution in [0.15, 0.2) is 42.7 Å². The number of amides is 1. The standard InChI is InChI=1S/C18H21N5O/c1-21-9-10-23(12-16(21)17-19-7-8-22(17)2)18(24)15-11-13-5-3-4-6-14(13)20-15/h3-8,11,16,20H,9-10,12H2,1-2H3/t16-/m0/s1. The van der Waals surface area contributed by atoms with Gasteiger partial charge >= 0.3 is 0 Å².